The van der Waals surface area contributed by atoms with Crippen molar-refractivity contribution < 1.29 is 4.79 Å². The standard InChI is InChI=1S/C7H10N2O/c1-6(10)7-4-3-5-9(7)8-2/h3-5,8H,1-2H3. The lowest BCUT2D eigenvalue weighted by molar-refractivity contribution is 0.101. The molecule has 0 saturated heterocycles. The molecule has 0 atom stereocenters. The molecule has 10 heavy (non-hydrogen) atoms. The Balaban J connectivity index is 3.01. The molecule has 1 rings (SSSR count). The summed E-state index contributed by atoms with van der Waals surface area (Å²) in [6, 6.07) is 3.60. The summed E-state index contributed by atoms with van der Waals surface area (Å²) in [4.78, 5) is 10.8. The Bertz CT molecular complexity index is 240. The predicted molar refractivity (Wildman–Crippen MR) is 39.7 cm³/mol. The highest BCUT2D eigenvalue weighted by molar-refractivity contribution is 5.92. The summed E-state index contributed by atoms with van der Waals surface area (Å²) < 4.78 is 1.68. The van der Waals surface area contributed by atoms with Gasteiger partial charge in [-0.2, -0.15) is 0 Å². The number of carbonyl (C=O) groups is 1. The normalized spacial score (nSPS) is 9.40. The number of nitrogens with one attached hydrogen (secondary N) is 1. The van der Waals surface area contributed by atoms with E-state index in [1.165, 1.54) is 0 Å². The monoisotopic (exact) mass is 138 g/mol. The van der Waals surface area contributed by atoms with Gasteiger partial charge in [-0.1, -0.05) is 0 Å². The first kappa shape index (κ1) is 6.86. The number of ketones is 1. The van der Waals surface area contributed by atoms with Gasteiger partial charge in [-0.15, -0.1) is 0 Å². The highest BCUT2D eigenvalue weighted by atomic mass is 16.1. The first-order chi connectivity index (χ1) is 4.75. The minimum absolute atomic E-state index is 0.0688. The Labute approximate surface area is 59.6 Å². The molecule has 0 aliphatic carbocycles. The fourth-order valence-corrected chi connectivity index (χ4v) is 0.863. The highest BCUT2D eigenvalue weighted by Gasteiger charge is 2.02. The minimum atomic E-state index is 0.0688. The van der Waals surface area contributed by atoms with Gasteiger partial charge < -0.3 is 5.43 Å². The Morgan fingerprint density at radius 2 is 2.40 bits per heavy atom. The molecule has 0 aliphatic rings. The third kappa shape index (κ3) is 1.03. The molecule has 1 aromatic heterocycles. The predicted octanol–water partition coefficient (Wildman–Crippen LogP) is 0.864. The smallest absolute Gasteiger partial charge is 0.178 e. The molecule has 0 saturated carbocycles. The zero-order valence-electron chi connectivity index (χ0n) is 6.09. The van der Waals surface area contributed by atoms with E-state index in [0.29, 0.717) is 5.69 Å². The molecule has 0 aliphatic heterocycles. The van der Waals surface area contributed by atoms with E-state index in [4.69, 9.17) is 0 Å². The van der Waals surface area contributed by atoms with Crippen LogP contribution in [0.5, 0.6) is 0 Å². The van der Waals surface area contributed by atoms with Crippen LogP contribution in [0, 0.1) is 0 Å². The molecule has 1 N–H and O–H groups in total. The Kier molecular flexibility index (Phi) is 1.76. The summed E-state index contributed by atoms with van der Waals surface area (Å²) in [7, 11) is 1.77. The van der Waals surface area contributed by atoms with Crippen molar-refractivity contribution in [2.24, 2.45) is 0 Å². The number of aromatic nitrogens is 1. The molecule has 0 bridgehead atoms. The second-order valence-corrected chi connectivity index (χ2v) is 2.04. The van der Waals surface area contributed by atoms with Crippen molar-refractivity contribution in [2.75, 3.05) is 12.5 Å². The van der Waals surface area contributed by atoms with Gasteiger partial charge in [0.2, 0.25) is 0 Å². The third-order valence-corrected chi connectivity index (χ3v) is 1.35. The maximum Gasteiger partial charge on any atom is 0.178 e. The van der Waals surface area contributed by atoms with Gasteiger partial charge in [0.05, 0.1) is 0 Å². The minimum Gasteiger partial charge on any atom is -0.329 e. The molecular weight excluding hydrogens is 128 g/mol. The lowest BCUT2D eigenvalue weighted by Crippen LogP contribution is -2.13. The number of Topliss-reactive ketones (excluding diaryl/α,β-unsaturated/α-hetero) is 1. The van der Waals surface area contributed by atoms with Crippen LogP contribution in [0.2, 0.25) is 0 Å². The largest absolute Gasteiger partial charge is 0.329 e. The van der Waals surface area contributed by atoms with Crippen LogP contribution in [0.4, 0.5) is 0 Å². The molecule has 1 aromatic rings. The number of hydrogen-bond donors (Lipinski definition) is 1. The summed E-state index contributed by atoms with van der Waals surface area (Å²) in [5.41, 5.74) is 3.54. The van der Waals surface area contributed by atoms with E-state index >= 15 is 0 Å². The van der Waals surface area contributed by atoms with E-state index in [2.05, 4.69) is 5.43 Å². The van der Waals surface area contributed by atoms with Crippen molar-refractivity contribution in [3.8, 4) is 0 Å². The van der Waals surface area contributed by atoms with Crippen molar-refractivity contribution in [1.82, 2.24) is 4.68 Å². The van der Waals surface area contributed by atoms with Crippen LogP contribution in [0.15, 0.2) is 18.3 Å². The number of carbonyl (C=O) groups excluding carboxylic acids is 1. The summed E-state index contributed by atoms with van der Waals surface area (Å²) in [5, 5.41) is 0. The average molecular weight is 138 g/mol. The topological polar surface area (TPSA) is 34.0 Å². The zero-order valence-corrected chi connectivity index (χ0v) is 6.09. The van der Waals surface area contributed by atoms with Crippen LogP contribution < -0.4 is 5.43 Å². The van der Waals surface area contributed by atoms with Crippen molar-refractivity contribution in [2.45, 2.75) is 6.92 Å². The van der Waals surface area contributed by atoms with Gasteiger partial charge in [0.25, 0.3) is 0 Å². The molecule has 0 radical (unpaired) electrons. The molecule has 3 nitrogen and oxygen atoms in total. The van der Waals surface area contributed by atoms with Gasteiger partial charge in [-0.05, 0) is 12.1 Å². The zero-order chi connectivity index (χ0) is 7.56. The fraction of sp³-hybridized carbons (Fsp3) is 0.286. The van der Waals surface area contributed by atoms with Crippen LogP contribution >= 0.6 is 0 Å². The van der Waals surface area contributed by atoms with Gasteiger partial charge in [0.1, 0.15) is 5.69 Å². The van der Waals surface area contributed by atoms with Crippen molar-refractivity contribution in [3.63, 3.8) is 0 Å². The van der Waals surface area contributed by atoms with Gasteiger partial charge in [0.15, 0.2) is 5.78 Å². The first-order valence-corrected chi connectivity index (χ1v) is 3.11. The van der Waals surface area contributed by atoms with Crippen LogP contribution in [-0.4, -0.2) is 17.5 Å². The van der Waals surface area contributed by atoms with E-state index in [1.54, 1.807) is 30.9 Å². The summed E-state index contributed by atoms with van der Waals surface area (Å²) in [6.45, 7) is 1.54. The van der Waals surface area contributed by atoms with Gasteiger partial charge in [-0.3, -0.25) is 9.47 Å². The summed E-state index contributed by atoms with van der Waals surface area (Å²) in [6.07, 6.45) is 1.80. The molecule has 0 amide bonds. The molecule has 54 valence electrons. The fourth-order valence-electron chi connectivity index (χ4n) is 0.863. The van der Waals surface area contributed by atoms with E-state index < -0.39 is 0 Å². The van der Waals surface area contributed by atoms with E-state index in [9.17, 15) is 4.79 Å². The second-order valence-electron chi connectivity index (χ2n) is 2.04. The quantitative estimate of drug-likeness (QED) is 0.615. The first-order valence-electron chi connectivity index (χ1n) is 3.11. The molecule has 0 fully saturated rings. The Morgan fingerprint density at radius 3 is 2.80 bits per heavy atom. The van der Waals surface area contributed by atoms with E-state index in [0.717, 1.165) is 0 Å². The van der Waals surface area contributed by atoms with Gasteiger partial charge in [0, 0.05) is 20.2 Å². The summed E-state index contributed by atoms with van der Waals surface area (Å²) >= 11 is 0. The maximum atomic E-state index is 10.8. The van der Waals surface area contributed by atoms with Crippen LogP contribution in [-0.2, 0) is 0 Å². The van der Waals surface area contributed by atoms with Crippen LogP contribution in [0.3, 0.4) is 0 Å². The van der Waals surface area contributed by atoms with E-state index in [-0.39, 0.29) is 5.78 Å². The van der Waals surface area contributed by atoms with Crippen molar-refractivity contribution in [1.29, 1.82) is 0 Å². The number of rotatable bonds is 2. The Morgan fingerprint density at radius 1 is 1.70 bits per heavy atom. The average Bonchev–Trinajstić information content (AvgIpc) is 2.33. The third-order valence-electron chi connectivity index (χ3n) is 1.35. The van der Waals surface area contributed by atoms with Crippen LogP contribution in [0.25, 0.3) is 0 Å². The maximum absolute atomic E-state index is 10.8. The lowest BCUT2D eigenvalue weighted by Gasteiger charge is -2.03. The second kappa shape index (κ2) is 2.56. The molecule has 1 heterocycles. The number of nitrogens with zero attached hydrogens (tertiary/aromatic N) is 1. The molecule has 3 heteroatoms. The van der Waals surface area contributed by atoms with Gasteiger partial charge in [-0.25, -0.2) is 0 Å². The lowest BCUT2D eigenvalue weighted by atomic mass is 10.3. The van der Waals surface area contributed by atoms with E-state index in [1.807, 2.05) is 6.07 Å². The number of hydrogen-bond acceptors (Lipinski definition) is 2. The molecular formula is C7H10N2O. The highest BCUT2D eigenvalue weighted by Crippen LogP contribution is 1.99. The van der Waals surface area contributed by atoms with Crippen molar-refractivity contribution >= 4 is 5.78 Å². The Hall–Kier alpha value is -1.25. The SMILES string of the molecule is CNn1cccc1C(C)=O. The summed E-state index contributed by atoms with van der Waals surface area (Å²) in [5.74, 6) is 0.0688. The molecule has 0 spiro atoms. The molecule has 0 unspecified atom stereocenters. The van der Waals surface area contributed by atoms with Gasteiger partial charge >= 0.3 is 0 Å². The molecule has 0 aromatic carbocycles. The van der Waals surface area contributed by atoms with Crippen LogP contribution in [0.1, 0.15) is 17.4 Å². The van der Waals surface area contributed by atoms with Crippen molar-refractivity contribution in [3.05, 3.63) is 24.0 Å².